The van der Waals surface area contributed by atoms with Gasteiger partial charge >= 0.3 is 0 Å². The van der Waals surface area contributed by atoms with E-state index in [0.29, 0.717) is 26.4 Å². The first-order chi connectivity index (χ1) is 9.36. The molecule has 1 rings (SSSR count). The van der Waals surface area contributed by atoms with Crippen LogP contribution in [0.3, 0.4) is 0 Å². The third-order valence-corrected chi connectivity index (χ3v) is 2.48. The van der Waals surface area contributed by atoms with Crippen LogP contribution in [0.25, 0.3) is 0 Å². The molecule has 106 valence electrons. The summed E-state index contributed by atoms with van der Waals surface area (Å²) in [4.78, 5) is 0. The predicted octanol–water partition coefficient (Wildman–Crippen LogP) is 2.00. The Balaban J connectivity index is 2.10. The molecule has 0 aromatic heterocycles. The van der Waals surface area contributed by atoms with E-state index in [2.05, 4.69) is 24.0 Å². The molecule has 4 heteroatoms. The monoisotopic (exact) mass is 265 g/mol. The zero-order valence-corrected chi connectivity index (χ0v) is 11.6. The standard InChI is InChI=1S/C15H23NO3/c1-3-9-19-15-6-4-14(5-7-15)13-16-8-10-18-12-11-17-2/h3-7,16H,1,8-13H2,2H3. The van der Waals surface area contributed by atoms with Crippen LogP contribution in [0.15, 0.2) is 36.9 Å². The largest absolute Gasteiger partial charge is 0.490 e. The summed E-state index contributed by atoms with van der Waals surface area (Å²) in [6.45, 7) is 7.80. The highest BCUT2D eigenvalue weighted by atomic mass is 16.5. The summed E-state index contributed by atoms with van der Waals surface area (Å²) in [6, 6.07) is 8.04. The first kappa shape index (κ1) is 15.7. The van der Waals surface area contributed by atoms with Gasteiger partial charge in [-0.2, -0.15) is 0 Å². The van der Waals surface area contributed by atoms with E-state index in [1.807, 2.05) is 12.1 Å². The van der Waals surface area contributed by atoms with Crippen molar-refractivity contribution < 1.29 is 14.2 Å². The van der Waals surface area contributed by atoms with Gasteiger partial charge < -0.3 is 19.5 Å². The third kappa shape index (κ3) is 7.62. The Bertz CT molecular complexity index is 338. The smallest absolute Gasteiger partial charge is 0.119 e. The minimum absolute atomic E-state index is 0.538. The number of methoxy groups -OCH3 is 1. The van der Waals surface area contributed by atoms with Gasteiger partial charge in [-0.05, 0) is 17.7 Å². The molecule has 0 saturated carbocycles. The molecular weight excluding hydrogens is 242 g/mol. The molecule has 0 atom stereocenters. The van der Waals surface area contributed by atoms with Crippen LogP contribution in [0.2, 0.25) is 0 Å². The first-order valence-electron chi connectivity index (χ1n) is 6.47. The zero-order valence-electron chi connectivity index (χ0n) is 11.6. The minimum Gasteiger partial charge on any atom is -0.490 e. The molecule has 1 aromatic carbocycles. The molecule has 4 nitrogen and oxygen atoms in total. The lowest BCUT2D eigenvalue weighted by Crippen LogP contribution is -2.20. The normalized spacial score (nSPS) is 10.4. The molecule has 1 aromatic rings. The molecule has 0 aliphatic rings. The summed E-state index contributed by atoms with van der Waals surface area (Å²) in [5, 5.41) is 3.32. The molecule has 0 unspecified atom stereocenters. The Morgan fingerprint density at radius 1 is 1.16 bits per heavy atom. The fourth-order valence-electron chi connectivity index (χ4n) is 1.48. The van der Waals surface area contributed by atoms with Crippen molar-refractivity contribution in [3.63, 3.8) is 0 Å². The van der Waals surface area contributed by atoms with Crippen LogP contribution in [0, 0.1) is 0 Å². The van der Waals surface area contributed by atoms with Crippen molar-refractivity contribution in [1.82, 2.24) is 5.32 Å². The molecular formula is C15H23NO3. The Hall–Kier alpha value is -1.36. The summed E-state index contributed by atoms with van der Waals surface area (Å²) >= 11 is 0. The number of hydrogen-bond acceptors (Lipinski definition) is 4. The highest BCUT2D eigenvalue weighted by Gasteiger charge is 1.95. The van der Waals surface area contributed by atoms with Gasteiger partial charge in [0.15, 0.2) is 0 Å². The lowest BCUT2D eigenvalue weighted by molar-refractivity contribution is 0.0719. The van der Waals surface area contributed by atoms with Crippen molar-refractivity contribution in [2.24, 2.45) is 0 Å². The van der Waals surface area contributed by atoms with Crippen molar-refractivity contribution in [3.8, 4) is 5.75 Å². The molecule has 0 spiro atoms. The topological polar surface area (TPSA) is 39.7 Å². The maximum absolute atomic E-state index is 5.42. The maximum Gasteiger partial charge on any atom is 0.119 e. The van der Waals surface area contributed by atoms with E-state index in [-0.39, 0.29) is 0 Å². The number of hydrogen-bond donors (Lipinski definition) is 1. The van der Waals surface area contributed by atoms with Gasteiger partial charge in [0.25, 0.3) is 0 Å². The first-order valence-corrected chi connectivity index (χ1v) is 6.47. The van der Waals surface area contributed by atoms with Crippen LogP contribution in [0.4, 0.5) is 0 Å². The van der Waals surface area contributed by atoms with Gasteiger partial charge in [0.2, 0.25) is 0 Å². The maximum atomic E-state index is 5.42. The van der Waals surface area contributed by atoms with Crippen LogP contribution in [-0.2, 0) is 16.0 Å². The van der Waals surface area contributed by atoms with Gasteiger partial charge in [0, 0.05) is 20.2 Å². The Morgan fingerprint density at radius 2 is 1.95 bits per heavy atom. The molecule has 0 aliphatic heterocycles. The van der Waals surface area contributed by atoms with E-state index in [9.17, 15) is 0 Å². The van der Waals surface area contributed by atoms with Crippen LogP contribution in [0.5, 0.6) is 5.75 Å². The van der Waals surface area contributed by atoms with Gasteiger partial charge in [-0.15, -0.1) is 0 Å². The molecule has 0 saturated heterocycles. The van der Waals surface area contributed by atoms with E-state index in [0.717, 1.165) is 18.8 Å². The predicted molar refractivity (Wildman–Crippen MR) is 76.5 cm³/mol. The average Bonchev–Trinajstić information content (AvgIpc) is 2.45. The molecule has 0 radical (unpaired) electrons. The molecule has 1 N–H and O–H groups in total. The van der Waals surface area contributed by atoms with Gasteiger partial charge in [-0.1, -0.05) is 24.8 Å². The van der Waals surface area contributed by atoms with Crippen LogP contribution < -0.4 is 10.1 Å². The number of benzene rings is 1. The van der Waals surface area contributed by atoms with Crippen molar-refractivity contribution in [3.05, 3.63) is 42.5 Å². The highest BCUT2D eigenvalue weighted by molar-refractivity contribution is 5.27. The number of ether oxygens (including phenoxy) is 3. The lowest BCUT2D eigenvalue weighted by Gasteiger charge is -2.07. The van der Waals surface area contributed by atoms with Crippen LogP contribution in [0.1, 0.15) is 5.56 Å². The Morgan fingerprint density at radius 3 is 2.63 bits per heavy atom. The SMILES string of the molecule is C=CCOc1ccc(CNCCOCCOC)cc1. The number of nitrogens with one attached hydrogen (secondary N) is 1. The van der Waals surface area contributed by atoms with Crippen LogP contribution >= 0.6 is 0 Å². The quantitative estimate of drug-likeness (QED) is 0.491. The fourth-order valence-corrected chi connectivity index (χ4v) is 1.48. The molecule has 0 amide bonds. The summed E-state index contributed by atoms with van der Waals surface area (Å²) in [5.41, 5.74) is 1.22. The molecule has 19 heavy (non-hydrogen) atoms. The average molecular weight is 265 g/mol. The number of rotatable bonds is 11. The van der Waals surface area contributed by atoms with Crippen molar-refractivity contribution in [2.75, 3.05) is 40.1 Å². The van der Waals surface area contributed by atoms with Crippen LogP contribution in [-0.4, -0.2) is 40.1 Å². The minimum atomic E-state index is 0.538. The molecule has 0 fully saturated rings. The molecule has 0 bridgehead atoms. The van der Waals surface area contributed by atoms with Gasteiger partial charge in [-0.25, -0.2) is 0 Å². The second kappa shape index (κ2) is 10.6. The molecule has 0 aliphatic carbocycles. The van der Waals surface area contributed by atoms with Gasteiger partial charge in [0.05, 0.1) is 19.8 Å². The van der Waals surface area contributed by atoms with Crippen molar-refractivity contribution in [2.45, 2.75) is 6.54 Å². The highest BCUT2D eigenvalue weighted by Crippen LogP contribution is 2.11. The second-order valence-electron chi connectivity index (χ2n) is 4.03. The van der Waals surface area contributed by atoms with Crippen molar-refractivity contribution >= 4 is 0 Å². The van der Waals surface area contributed by atoms with E-state index in [1.54, 1.807) is 13.2 Å². The fraction of sp³-hybridized carbons (Fsp3) is 0.467. The second-order valence-corrected chi connectivity index (χ2v) is 4.03. The van der Waals surface area contributed by atoms with E-state index < -0.39 is 0 Å². The zero-order chi connectivity index (χ0) is 13.8. The van der Waals surface area contributed by atoms with Gasteiger partial charge in [0.1, 0.15) is 12.4 Å². The summed E-state index contributed by atoms with van der Waals surface area (Å²) < 4.78 is 15.7. The van der Waals surface area contributed by atoms with E-state index in [4.69, 9.17) is 14.2 Å². The Kier molecular flexibility index (Phi) is 8.72. The van der Waals surface area contributed by atoms with E-state index >= 15 is 0 Å². The summed E-state index contributed by atoms with van der Waals surface area (Å²) in [5.74, 6) is 0.867. The van der Waals surface area contributed by atoms with Gasteiger partial charge in [-0.3, -0.25) is 0 Å². The Labute approximate surface area is 115 Å². The molecule has 0 heterocycles. The summed E-state index contributed by atoms with van der Waals surface area (Å²) in [6.07, 6.45) is 1.74. The lowest BCUT2D eigenvalue weighted by atomic mass is 10.2. The van der Waals surface area contributed by atoms with Crippen molar-refractivity contribution in [1.29, 1.82) is 0 Å². The summed E-state index contributed by atoms with van der Waals surface area (Å²) in [7, 11) is 1.67. The van der Waals surface area contributed by atoms with E-state index in [1.165, 1.54) is 5.56 Å². The third-order valence-electron chi connectivity index (χ3n) is 2.48.